The van der Waals surface area contributed by atoms with Crippen molar-refractivity contribution < 1.29 is 0 Å². The zero-order valence-electron chi connectivity index (χ0n) is 8.32. The van der Waals surface area contributed by atoms with Crippen LogP contribution in [0.2, 0.25) is 10.0 Å². The summed E-state index contributed by atoms with van der Waals surface area (Å²) in [5.74, 6) is 0.587. The molecule has 2 rings (SSSR count). The Kier molecular flexibility index (Phi) is 3.39. The molecule has 2 N–H and O–H groups in total. The van der Waals surface area contributed by atoms with Crippen molar-refractivity contribution in [1.82, 2.24) is 9.97 Å². The molecule has 0 unspecified atom stereocenters. The minimum Gasteiger partial charge on any atom is -0.324 e. The highest BCUT2D eigenvalue weighted by molar-refractivity contribution is 6.36. The Labute approximate surface area is 103 Å². The number of aromatic nitrogens is 2. The van der Waals surface area contributed by atoms with Crippen LogP contribution in [0.4, 0.5) is 0 Å². The second kappa shape index (κ2) is 4.78. The topological polar surface area (TPSA) is 51.8 Å². The highest BCUT2D eigenvalue weighted by atomic mass is 35.5. The molecule has 0 saturated heterocycles. The fourth-order valence-corrected chi connectivity index (χ4v) is 1.85. The lowest BCUT2D eigenvalue weighted by molar-refractivity contribution is 0.912. The zero-order chi connectivity index (χ0) is 11.5. The van der Waals surface area contributed by atoms with Crippen molar-refractivity contribution in [2.24, 2.45) is 5.73 Å². The molecule has 0 aliphatic carbocycles. The highest BCUT2D eigenvalue weighted by Gasteiger charge is 2.06. The third-order valence-corrected chi connectivity index (χ3v) is 2.64. The molecule has 0 spiro atoms. The molecule has 5 heteroatoms. The van der Waals surface area contributed by atoms with Gasteiger partial charge in [-0.1, -0.05) is 23.2 Å². The van der Waals surface area contributed by atoms with Crippen molar-refractivity contribution in [2.75, 3.05) is 0 Å². The van der Waals surface area contributed by atoms with Crippen molar-refractivity contribution in [3.8, 4) is 11.3 Å². The summed E-state index contributed by atoms with van der Waals surface area (Å²) >= 11 is 11.9. The van der Waals surface area contributed by atoms with Crippen molar-refractivity contribution in [1.29, 1.82) is 0 Å². The Morgan fingerprint density at radius 1 is 1.19 bits per heavy atom. The summed E-state index contributed by atoms with van der Waals surface area (Å²) in [5, 5.41) is 1.16. The fraction of sp³-hybridized carbons (Fsp3) is 0.0909. The molecule has 0 aliphatic heterocycles. The molecule has 82 valence electrons. The third kappa shape index (κ3) is 2.32. The molecule has 0 fully saturated rings. The Balaban J connectivity index is 2.49. The summed E-state index contributed by atoms with van der Waals surface area (Å²) in [5.41, 5.74) is 7.05. The van der Waals surface area contributed by atoms with Gasteiger partial charge in [-0.2, -0.15) is 0 Å². The van der Waals surface area contributed by atoms with Crippen LogP contribution >= 0.6 is 23.2 Å². The molecule has 0 bridgehead atoms. The van der Waals surface area contributed by atoms with Crippen molar-refractivity contribution in [2.45, 2.75) is 6.54 Å². The molecule has 1 aromatic carbocycles. The third-order valence-electron chi connectivity index (χ3n) is 2.10. The Hall–Kier alpha value is -1.16. The van der Waals surface area contributed by atoms with Crippen LogP contribution < -0.4 is 5.73 Å². The number of hydrogen-bond acceptors (Lipinski definition) is 3. The van der Waals surface area contributed by atoms with Gasteiger partial charge in [0.15, 0.2) is 0 Å². The van der Waals surface area contributed by atoms with E-state index in [4.69, 9.17) is 28.9 Å². The van der Waals surface area contributed by atoms with Crippen LogP contribution in [0.15, 0.2) is 30.5 Å². The first kappa shape index (κ1) is 11.3. The maximum atomic E-state index is 6.08. The molecule has 3 nitrogen and oxygen atoms in total. The van der Waals surface area contributed by atoms with E-state index in [2.05, 4.69) is 9.97 Å². The van der Waals surface area contributed by atoms with E-state index in [1.165, 1.54) is 0 Å². The number of benzene rings is 1. The molecule has 1 heterocycles. The zero-order valence-corrected chi connectivity index (χ0v) is 9.83. The van der Waals surface area contributed by atoms with Gasteiger partial charge >= 0.3 is 0 Å². The minimum absolute atomic E-state index is 0.305. The first-order chi connectivity index (χ1) is 7.70. The van der Waals surface area contributed by atoms with Crippen molar-refractivity contribution in [3.05, 3.63) is 46.3 Å². The average Bonchev–Trinajstić information content (AvgIpc) is 2.29. The predicted molar refractivity (Wildman–Crippen MR) is 65.4 cm³/mol. The first-order valence-electron chi connectivity index (χ1n) is 4.68. The Morgan fingerprint density at radius 3 is 2.69 bits per heavy atom. The van der Waals surface area contributed by atoms with E-state index in [9.17, 15) is 0 Å². The molecule has 16 heavy (non-hydrogen) atoms. The van der Waals surface area contributed by atoms with Crippen molar-refractivity contribution >= 4 is 23.2 Å². The molecule has 0 saturated carbocycles. The van der Waals surface area contributed by atoms with Crippen LogP contribution in [-0.4, -0.2) is 9.97 Å². The van der Waals surface area contributed by atoms with Gasteiger partial charge in [0, 0.05) is 16.8 Å². The molecule has 0 amide bonds. The molecule has 0 radical (unpaired) electrons. The summed E-state index contributed by atoms with van der Waals surface area (Å²) in [7, 11) is 0. The number of rotatable bonds is 2. The van der Waals surface area contributed by atoms with Gasteiger partial charge in [0.05, 0.1) is 17.3 Å². The lowest BCUT2D eigenvalue weighted by Crippen LogP contribution is -2.03. The normalized spacial score (nSPS) is 10.4. The molecular formula is C11H9Cl2N3. The van der Waals surface area contributed by atoms with Gasteiger partial charge in [0.1, 0.15) is 5.82 Å². The van der Waals surface area contributed by atoms with E-state index in [1.54, 1.807) is 24.4 Å². The van der Waals surface area contributed by atoms with Crippen LogP contribution in [0.5, 0.6) is 0 Å². The lowest BCUT2D eigenvalue weighted by Gasteiger charge is -2.05. The van der Waals surface area contributed by atoms with E-state index < -0.39 is 0 Å². The monoisotopic (exact) mass is 253 g/mol. The largest absolute Gasteiger partial charge is 0.324 e. The number of nitrogens with two attached hydrogens (primary N) is 1. The van der Waals surface area contributed by atoms with E-state index in [0.29, 0.717) is 22.4 Å². The Morgan fingerprint density at radius 2 is 2.00 bits per heavy atom. The lowest BCUT2D eigenvalue weighted by atomic mass is 10.1. The van der Waals surface area contributed by atoms with E-state index in [1.807, 2.05) is 6.07 Å². The maximum Gasteiger partial charge on any atom is 0.142 e. The van der Waals surface area contributed by atoms with Gasteiger partial charge in [-0.25, -0.2) is 9.97 Å². The molecule has 0 aliphatic rings. The van der Waals surface area contributed by atoms with Crippen LogP contribution in [-0.2, 0) is 6.54 Å². The number of nitrogens with zero attached hydrogens (tertiary/aromatic N) is 2. The van der Waals surface area contributed by atoms with E-state index in [-0.39, 0.29) is 0 Å². The van der Waals surface area contributed by atoms with E-state index in [0.717, 1.165) is 11.3 Å². The fourth-order valence-electron chi connectivity index (χ4n) is 1.34. The first-order valence-corrected chi connectivity index (χ1v) is 5.43. The molecule has 0 atom stereocenters. The second-order valence-corrected chi connectivity index (χ2v) is 4.03. The van der Waals surface area contributed by atoms with Crippen LogP contribution in [0.25, 0.3) is 11.3 Å². The van der Waals surface area contributed by atoms with Crippen LogP contribution in [0, 0.1) is 0 Å². The van der Waals surface area contributed by atoms with Gasteiger partial charge in [-0.05, 0) is 24.3 Å². The van der Waals surface area contributed by atoms with Gasteiger partial charge in [-0.15, -0.1) is 0 Å². The smallest absolute Gasteiger partial charge is 0.142 e. The molecule has 1 aromatic heterocycles. The Bertz CT molecular complexity index is 514. The van der Waals surface area contributed by atoms with Crippen LogP contribution in [0.3, 0.4) is 0 Å². The maximum absolute atomic E-state index is 6.08. The van der Waals surface area contributed by atoms with Crippen LogP contribution in [0.1, 0.15) is 5.82 Å². The van der Waals surface area contributed by atoms with E-state index >= 15 is 0 Å². The van der Waals surface area contributed by atoms with Crippen molar-refractivity contribution in [3.63, 3.8) is 0 Å². The van der Waals surface area contributed by atoms with Gasteiger partial charge in [0.2, 0.25) is 0 Å². The second-order valence-electron chi connectivity index (χ2n) is 3.19. The van der Waals surface area contributed by atoms with Gasteiger partial charge < -0.3 is 5.73 Å². The average molecular weight is 254 g/mol. The summed E-state index contributed by atoms with van der Waals surface area (Å²) in [6.45, 7) is 0.305. The van der Waals surface area contributed by atoms with Gasteiger partial charge in [-0.3, -0.25) is 0 Å². The summed E-state index contributed by atoms with van der Waals surface area (Å²) in [6, 6.07) is 7.07. The highest BCUT2D eigenvalue weighted by Crippen LogP contribution is 2.28. The summed E-state index contributed by atoms with van der Waals surface area (Å²) in [6.07, 6.45) is 1.66. The predicted octanol–water partition coefficient (Wildman–Crippen LogP) is 2.91. The number of halogens is 2. The SMILES string of the molecule is NCc1nccc(-c2ccc(Cl)cc2Cl)n1. The molecular weight excluding hydrogens is 245 g/mol. The number of hydrogen-bond donors (Lipinski definition) is 1. The summed E-state index contributed by atoms with van der Waals surface area (Å²) in [4.78, 5) is 8.31. The quantitative estimate of drug-likeness (QED) is 0.896. The summed E-state index contributed by atoms with van der Waals surface area (Å²) < 4.78 is 0. The molecule has 2 aromatic rings. The standard InChI is InChI=1S/C11H9Cl2N3/c12-7-1-2-8(9(13)5-7)10-3-4-15-11(6-14)16-10/h1-5H,6,14H2. The van der Waals surface area contributed by atoms with Gasteiger partial charge in [0.25, 0.3) is 0 Å². The minimum atomic E-state index is 0.305.